The summed E-state index contributed by atoms with van der Waals surface area (Å²) in [5, 5.41) is 8.77. The van der Waals surface area contributed by atoms with E-state index < -0.39 is 0 Å². The maximum absolute atomic E-state index is 12.2. The van der Waals surface area contributed by atoms with Gasteiger partial charge in [-0.15, -0.1) is 0 Å². The largest absolute Gasteiger partial charge is 0.497 e. The van der Waals surface area contributed by atoms with Crippen molar-refractivity contribution in [3.05, 3.63) is 53.6 Å². The first-order valence-corrected chi connectivity index (χ1v) is 7.65. The van der Waals surface area contributed by atoms with Gasteiger partial charge in [-0.1, -0.05) is 0 Å². The second-order valence-corrected chi connectivity index (χ2v) is 5.35. The summed E-state index contributed by atoms with van der Waals surface area (Å²) in [6, 6.07) is 14.1. The Morgan fingerprint density at radius 1 is 1.08 bits per heavy atom. The number of hydrogen-bond donors (Lipinski definition) is 0. The molecule has 2 aromatic carbocycles. The fourth-order valence-electron chi connectivity index (χ4n) is 2.21. The van der Waals surface area contributed by atoms with Gasteiger partial charge in [0, 0.05) is 25.2 Å². The van der Waals surface area contributed by atoms with Crippen LogP contribution in [0, 0.1) is 11.3 Å². The lowest BCUT2D eigenvalue weighted by molar-refractivity contribution is -0.132. The zero-order chi connectivity index (χ0) is 18.2. The lowest BCUT2D eigenvalue weighted by Gasteiger charge is -2.19. The molecule has 0 aliphatic heterocycles. The van der Waals surface area contributed by atoms with Crippen molar-refractivity contribution in [3.63, 3.8) is 0 Å². The highest BCUT2D eigenvalue weighted by Gasteiger charge is 2.13. The van der Waals surface area contributed by atoms with E-state index in [4.69, 9.17) is 19.5 Å². The van der Waals surface area contributed by atoms with E-state index in [1.54, 1.807) is 56.5 Å². The number of nitrogens with zero attached hydrogens (tertiary/aromatic N) is 2. The SMILES string of the molecule is COc1ccc(CN(C)C(=O)COc2ccc(C#N)cc2)c(OC)c1. The number of carbonyl (C=O) groups excluding carboxylic acids is 1. The van der Waals surface area contributed by atoms with Crippen LogP contribution >= 0.6 is 0 Å². The third-order valence-electron chi connectivity index (χ3n) is 3.67. The van der Waals surface area contributed by atoms with Crippen LogP contribution in [0.3, 0.4) is 0 Å². The highest BCUT2D eigenvalue weighted by molar-refractivity contribution is 5.77. The van der Waals surface area contributed by atoms with E-state index in [2.05, 4.69) is 0 Å². The molecule has 6 nitrogen and oxygen atoms in total. The molecule has 0 aliphatic carbocycles. The quantitative estimate of drug-likeness (QED) is 0.775. The Hall–Kier alpha value is -3.20. The molecule has 0 atom stereocenters. The monoisotopic (exact) mass is 340 g/mol. The van der Waals surface area contributed by atoms with Crippen LogP contribution in [0.5, 0.6) is 17.2 Å². The van der Waals surface area contributed by atoms with Gasteiger partial charge in [-0.25, -0.2) is 0 Å². The summed E-state index contributed by atoms with van der Waals surface area (Å²) in [7, 11) is 4.87. The molecule has 0 aromatic heterocycles. The van der Waals surface area contributed by atoms with Gasteiger partial charge in [0.05, 0.1) is 25.9 Å². The normalized spacial score (nSPS) is 9.84. The Bertz CT molecular complexity index is 766. The maximum atomic E-state index is 12.2. The Kier molecular flexibility index (Phi) is 6.24. The molecule has 0 aliphatic rings. The molecule has 0 spiro atoms. The lowest BCUT2D eigenvalue weighted by atomic mass is 10.2. The van der Waals surface area contributed by atoms with E-state index in [0.29, 0.717) is 29.4 Å². The number of likely N-dealkylation sites (N-methyl/N-ethyl adjacent to an activating group) is 1. The number of carbonyl (C=O) groups is 1. The average molecular weight is 340 g/mol. The van der Waals surface area contributed by atoms with Crippen LogP contribution in [-0.2, 0) is 11.3 Å². The summed E-state index contributed by atoms with van der Waals surface area (Å²) >= 11 is 0. The fourth-order valence-corrected chi connectivity index (χ4v) is 2.21. The van der Waals surface area contributed by atoms with E-state index in [1.807, 2.05) is 18.2 Å². The molecule has 25 heavy (non-hydrogen) atoms. The highest BCUT2D eigenvalue weighted by atomic mass is 16.5. The van der Waals surface area contributed by atoms with Crippen molar-refractivity contribution < 1.29 is 19.0 Å². The zero-order valence-corrected chi connectivity index (χ0v) is 14.5. The third kappa shape index (κ3) is 4.88. The molecule has 0 radical (unpaired) electrons. The van der Waals surface area contributed by atoms with Crippen LogP contribution < -0.4 is 14.2 Å². The third-order valence-corrected chi connectivity index (χ3v) is 3.67. The molecule has 2 aromatic rings. The Labute approximate surface area is 147 Å². The number of amides is 1. The minimum Gasteiger partial charge on any atom is -0.497 e. The van der Waals surface area contributed by atoms with Crippen LogP contribution in [0.4, 0.5) is 0 Å². The van der Waals surface area contributed by atoms with E-state index in [0.717, 1.165) is 5.56 Å². The minimum atomic E-state index is -0.165. The van der Waals surface area contributed by atoms with Crippen LogP contribution in [-0.4, -0.2) is 38.7 Å². The second kappa shape index (κ2) is 8.60. The number of methoxy groups -OCH3 is 2. The zero-order valence-electron chi connectivity index (χ0n) is 14.5. The second-order valence-electron chi connectivity index (χ2n) is 5.35. The van der Waals surface area contributed by atoms with Gasteiger partial charge < -0.3 is 19.1 Å². The Morgan fingerprint density at radius 2 is 1.76 bits per heavy atom. The molecular weight excluding hydrogens is 320 g/mol. The first-order chi connectivity index (χ1) is 12.1. The highest BCUT2D eigenvalue weighted by Crippen LogP contribution is 2.25. The van der Waals surface area contributed by atoms with Gasteiger partial charge in [0.1, 0.15) is 17.2 Å². The molecule has 6 heteroatoms. The van der Waals surface area contributed by atoms with Crippen molar-refractivity contribution in [2.45, 2.75) is 6.54 Å². The van der Waals surface area contributed by atoms with E-state index in [-0.39, 0.29) is 12.5 Å². The smallest absolute Gasteiger partial charge is 0.260 e. The molecule has 1 amide bonds. The standard InChI is InChI=1S/C19H20N2O4/c1-21(12-15-6-9-17(23-2)10-18(15)24-3)19(22)13-25-16-7-4-14(11-20)5-8-16/h4-10H,12-13H2,1-3H3. The van der Waals surface area contributed by atoms with Crippen LogP contribution in [0.15, 0.2) is 42.5 Å². The molecule has 0 saturated carbocycles. The lowest BCUT2D eigenvalue weighted by Crippen LogP contribution is -2.31. The first kappa shape index (κ1) is 18.1. The Morgan fingerprint density at radius 3 is 2.36 bits per heavy atom. The number of rotatable bonds is 7. The average Bonchev–Trinajstić information content (AvgIpc) is 2.66. The van der Waals surface area contributed by atoms with Crippen LogP contribution in [0.2, 0.25) is 0 Å². The topological polar surface area (TPSA) is 71.8 Å². The van der Waals surface area contributed by atoms with Gasteiger partial charge in [0.25, 0.3) is 5.91 Å². The summed E-state index contributed by atoms with van der Waals surface area (Å²) in [6.07, 6.45) is 0. The summed E-state index contributed by atoms with van der Waals surface area (Å²) < 4.78 is 16.0. The first-order valence-electron chi connectivity index (χ1n) is 7.65. The number of hydrogen-bond acceptors (Lipinski definition) is 5. The van der Waals surface area contributed by atoms with Gasteiger partial charge in [-0.2, -0.15) is 5.26 Å². The number of benzene rings is 2. The summed E-state index contributed by atoms with van der Waals surface area (Å²) in [5.74, 6) is 1.73. The predicted octanol–water partition coefficient (Wildman–Crippen LogP) is 2.61. The van der Waals surface area contributed by atoms with E-state index in [1.165, 1.54) is 0 Å². The van der Waals surface area contributed by atoms with Crippen molar-refractivity contribution in [2.75, 3.05) is 27.9 Å². The molecule has 0 N–H and O–H groups in total. The van der Waals surface area contributed by atoms with Gasteiger partial charge >= 0.3 is 0 Å². The molecule has 0 unspecified atom stereocenters. The fraction of sp³-hybridized carbons (Fsp3) is 0.263. The van der Waals surface area contributed by atoms with Gasteiger partial charge in [-0.3, -0.25) is 4.79 Å². The molecular formula is C19H20N2O4. The van der Waals surface area contributed by atoms with E-state index in [9.17, 15) is 4.79 Å². The molecule has 0 heterocycles. The number of ether oxygens (including phenoxy) is 3. The van der Waals surface area contributed by atoms with Crippen LogP contribution in [0.25, 0.3) is 0 Å². The van der Waals surface area contributed by atoms with Gasteiger partial charge in [0.15, 0.2) is 6.61 Å². The van der Waals surface area contributed by atoms with Crippen molar-refractivity contribution >= 4 is 5.91 Å². The predicted molar refractivity (Wildman–Crippen MR) is 92.7 cm³/mol. The molecule has 0 bridgehead atoms. The van der Waals surface area contributed by atoms with E-state index >= 15 is 0 Å². The minimum absolute atomic E-state index is 0.0825. The molecule has 0 fully saturated rings. The summed E-state index contributed by atoms with van der Waals surface area (Å²) in [5.41, 5.74) is 1.42. The molecule has 2 rings (SSSR count). The van der Waals surface area contributed by atoms with Crippen molar-refractivity contribution in [1.82, 2.24) is 4.90 Å². The number of nitriles is 1. The van der Waals surface area contributed by atoms with Gasteiger partial charge in [0.2, 0.25) is 0 Å². The van der Waals surface area contributed by atoms with Crippen molar-refractivity contribution in [1.29, 1.82) is 5.26 Å². The van der Waals surface area contributed by atoms with Crippen LogP contribution in [0.1, 0.15) is 11.1 Å². The summed E-state index contributed by atoms with van der Waals surface area (Å²) in [4.78, 5) is 13.8. The molecule has 130 valence electrons. The van der Waals surface area contributed by atoms with Crippen molar-refractivity contribution in [3.8, 4) is 23.3 Å². The molecule has 0 saturated heterocycles. The van der Waals surface area contributed by atoms with Gasteiger partial charge in [-0.05, 0) is 36.4 Å². The van der Waals surface area contributed by atoms with Crippen molar-refractivity contribution in [2.24, 2.45) is 0 Å². The Balaban J connectivity index is 1.94. The maximum Gasteiger partial charge on any atom is 0.260 e. The summed E-state index contributed by atoms with van der Waals surface area (Å²) in [6.45, 7) is 0.309.